The van der Waals surface area contributed by atoms with E-state index >= 15 is 0 Å². The number of aliphatic hydroxyl groups is 1. The van der Waals surface area contributed by atoms with Gasteiger partial charge in [0.1, 0.15) is 11.2 Å². The number of hydrogen-bond acceptors (Lipinski definition) is 5. The standard InChI is InChI=1S/C13H24O5/c1-12(2,3)17-10(15)9(7-8-14)11(16)18-13(4,5)6/h9,14H,7-8H2,1-6H3. The normalized spacial score (nSPS) is 12.4. The van der Waals surface area contributed by atoms with Gasteiger partial charge in [0, 0.05) is 6.61 Å². The Morgan fingerprint density at radius 3 is 1.50 bits per heavy atom. The van der Waals surface area contributed by atoms with Crippen LogP contribution in [0.25, 0.3) is 0 Å². The summed E-state index contributed by atoms with van der Waals surface area (Å²) in [4.78, 5) is 23.7. The van der Waals surface area contributed by atoms with Crippen molar-refractivity contribution < 1.29 is 24.2 Å². The van der Waals surface area contributed by atoms with Crippen molar-refractivity contribution >= 4 is 11.9 Å². The summed E-state index contributed by atoms with van der Waals surface area (Å²) in [6.45, 7) is 10.0. The summed E-state index contributed by atoms with van der Waals surface area (Å²) < 4.78 is 10.3. The minimum Gasteiger partial charge on any atom is -0.459 e. The van der Waals surface area contributed by atoms with E-state index in [0.717, 1.165) is 0 Å². The molecule has 0 aromatic carbocycles. The number of hydrogen-bond donors (Lipinski definition) is 1. The lowest BCUT2D eigenvalue weighted by atomic mass is 10.1. The summed E-state index contributed by atoms with van der Waals surface area (Å²) in [6.07, 6.45) is 0.00380. The molecule has 0 unspecified atom stereocenters. The molecule has 5 heteroatoms. The first-order chi connectivity index (χ1) is 7.96. The van der Waals surface area contributed by atoms with E-state index in [1.54, 1.807) is 41.5 Å². The molecule has 0 aromatic heterocycles. The molecule has 0 spiro atoms. The Kier molecular flexibility index (Phi) is 5.80. The molecule has 0 aliphatic heterocycles. The Balaban J connectivity index is 4.75. The molecule has 18 heavy (non-hydrogen) atoms. The highest BCUT2D eigenvalue weighted by molar-refractivity contribution is 5.95. The van der Waals surface area contributed by atoms with Gasteiger partial charge < -0.3 is 14.6 Å². The van der Waals surface area contributed by atoms with Crippen LogP contribution >= 0.6 is 0 Å². The summed E-state index contributed by atoms with van der Waals surface area (Å²) >= 11 is 0. The highest BCUT2D eigenvalue weighted by Gasteiger charge is 2.34. The van der Waals surface area contributed by atoms with Crippen molar-refractivity contribution in [2.24, 2.45) is 5.92 Å². The zero-order chi connectivity index (χ0) is 14.6. The van der Waals surface area contributed by atoms with Crippen LogP contribution in [-0.2, 0) is 19.1 Å². The van der Waals surface area contributed by atoms with Gasteiger partial charge >= 0.3 is 11.9 Å². The quantitative estimate of drug-likeness (QED) is 0.615. The first kappa shape index (κ1) is 16.9. The summed E-state index contributed by atoms with van der Waals surface area (Å²) in [5.74, 6) is -2.40. The van der Waals surface area contributed by atoms with Gasteiger partial charge in [0.25, 0.3) is 0 Å². The average Bonchev–Trinajstić information content (AvgIpc) is 2.07. The molecule has 0 heterocycles. The predicted octanol–water partition coefficient (Wildman–Crippen LogP) is 1.67. The molecule has 1 N–H and O–H groups in total. The van der Waals surface area contributed by atoms with Gasteiger partial charge in [-0.25, -0.2) is 0 Å². The first-order valence-electron chi connectivity index (χ1n) is 6.03. The third-order valence-corrected chi connectivity index (χ3v) is 1.80. The van der Waals surface area contributed by atoms with E-state index in [-0.39, 0.29) is 13.0 Å². The van der Waals surface area contributed by atoms with E-state index < -0.39 is 29.1 Å². The molecule has 0 bridgehead atoms. The molecule has 0 saturated heterocycles. The fraction of sp³-hybridized carbons (Fsp3) is 0.846. The topological polar surface area (TPSA) is 72.8 Å². The Morgan fingerprint density at radius 2 is 1.28 bits per heavy atom. The second-order valence-corrected chi connectivity index (χ2v) is 6.13. The summed E-state index contributed by atoms with van der Waals surface area (Å²) in [5, 5.41) is 8.92. The number of carbonyl (C=O) groups excluding carboxylic acids is 2. The summed E-state index contributed by atoms with van der Waals surface area (Å²) in [6, 6.07) is 0. The fourth-order valence-corrected chi connectivity index (χ4v) is 1.21. The lowest BCUT2D eigenvalue weighted by Gasteiger charge is -2.26. The minimum atomic E-state index is -1.08. The van der Waals surface area contributed by atoms with Gasteiger partial charge in [-0.05, 0) is 48.0 Å². The SMILES string of the molecule is CC(C)(C)OC(=O)C(CCO)C(=O)OC(C)(C)C. The maximum Gasteiger partial charge on any atom is 0.320 e. The predicted molar refractivity (Wildman–Crippen MR) is 66.9 cm³/mol. The first-order valence-corrected chi connectivity index (χ1v) is 6.03. The molecule has 0 saturated carbocycles. The molecule has 0 radical (unpaired) electrons. The van der Waals surface area contributed by atoms with E-state index in [0.29, 0.717) is 0 Å². The molecule has 0 aliphatic carbocycles. The zero-order valence-electron chi connectivity index (χ0n) is 12.1. The maximum atomic E-state index is 11.8. The number of rotatable bonds is 4. The van der Waals surface area contributed by atoms with E-state index in [2.05, 4.69) is 0 Å². The van der Waals surface area contributed by atoms with Gasteiger partial charge in [0.15, 0.2) is 5.92 Å². The van der Waals surface area contributed by atoms with Crippen LogP contribution in [-0.4, -0.2) is 34.9 Å². The minimum absolute atomic E-state index is 0.00380. The summed E-state index contributed by atoms with van der Waals surface area (Å²) in [7, 11) is 0. The van der Waals surface area contributed by atoms with Crippen molar-refractivity contribution in [2.45, 2.75) is 59.2 Å². The van der Waals surface area contributed by atoms with Crippen molar-refractivity contribution in [3.63, 3.8) is 0 Å². The van der Waals surface area contributed by atoms with Crippen molar-refractivity contribution in [3.05, 3.63) is 0 Å². The summed E-state index contributed by atoms with van der Waals surface area (Å²) in [5.41, 5.74) is -1.35. The third-order valence-electron chi connectivity index (χ3n) is 1.80. The Hall–Kier alpha value is -1.10. The van der Waals surface area contributed by atoms with Gasteiger partial charge in [-0.15, -0.1) is 0 Å². The van der Waals surface area contributed by atoms with Crippen LogP contribution in [0.5, 0.6) is 0 Å². The van der Waals surface area contributed by atoms with Crippen LogP contribution < -0.4 is 0 Å². The van der Waals surface area contributed by atoms with Crippen LogP contribution in [0.1, 0.15) is 48.0 Å². The number of aliphatic hydroxyl groups excluding tert-OH is 1. The van der Waals surface area contributed by atoms with E-state index in [1.807, 2.05) is 0 Å². The van der Waals surface area contributed by atoms with Gasteiger partial charge in [0.2, 0.25) is 0 Å². The number of carbonyl (C=O) groups is 2. The smallest absolute Gasteiger partial charge is 0.320 e. The molecular weight excluding hydrogens is 236 g/mol. The zero-order valence-corrected chi connectivity index (χ0v) is 12.1. The van der Waals surface area contributed by atoms with Crippen molar-refractivity contribution in [1.82, 2.24) is 0 Å². The van der Waals surface area contributed by atoms with Crippen molar-refractivity contribution in [2.75, 3.05) is 6.61 Å². The van der Waals surface area contributed by atoms with Crippen LogP contribution in [0, 0.1) is 5.92 Å². The lowest BCUT2D eigenvalue weighted by molar-refractivity contribution is -0.175. The second-order valence-electron chi connectivity index (χ2n) is 6.13. The van der Waals surface area contributed by atoms with Gasteiger partial charge in [0.05, 0.1) is 0 Å². The number of esters is 2. The van der Waals surface area contributed by atoms with Gasteiger partial charge in [-0.3, -0.25) is 9.59 Å². The monoisotopic (exact) mass is 260 g/mol. The highest BCUT2D eigenvalue weighted by atomic mass is 16.6. The van der Waals surface area contributed by atoms with Gasteiger partial charge in [-0.1, -0.05) is 0 Å². The maximum absolute atomic E-state index is 11.8. The van der Waals surface area contributed by atoms with Crippen LogP contribution in [0.15, 0.2) is 0 Å². The second kappa shape index (κ2) is 6.18. The highest BCUT2D eigenvalue weighted by Crippen LogP contribution is 2.18. The van der Waals surface area contributed by atoms with Crippen molar-refractivity contribution in [1.29, 1.82) is 0 Å². The van der Waals surface area contributed by atoms with Crippen LogP contribution in [0.4, 0.5) is 0 Å². The van der Waals surface area contributed by atoms with Gasteiger partial charge in [-0.2, -0.15) is 0 Å². The number of ether oxygens (including phenoxy) is 2. The Labute approximate surface area is 108 Å². The molecule has 0 rings (SSSR count). The van der Waals surface area contributed by atoms with Crippen molar-refractivity contribution in [3.8, 4) is 0 Å². The molecule has 0 aromatic rings. The fourth-order valence-electron chi connectivity index (χ4n) is 1.21. The molecule has 106 valence electrons. The van der Waals surface area contributed by atoms with E-state index in [1.165, 1.54) is 0 Å². The van der Waals surface area contributed by atoms with Crippen LogP contribution in [0.2, 0.25) is 0 Å². The Bertz CT molecular complexity index is 267. The third kappa shape index (κ3) is 7.27. The molecule has 0 amide bonds. The van der Waals surface area contributed by atoms with Crippen LogP contribution in [0.3, 0.4) is 0 Å². The molecule has 0 atom stereocenters. The molecule has 0 aliphatic rings. The lowest BCUT2D eigenvalue weighted by Crippen LogP contribution is -2.37. The average molecular weight is 260 g/mol. The molecule has 0 fully saturated rings. The Morgan fingerprint density at radius 1 is 0.944 bits per heavy atom. The largest absolute Gasteiger partial charge is 0.459 e. The molecule has 5 nitrogen and oxygen atoms in total. The molecular formula is C13H24O5. The van der Waals surface area contributed by atoms with E-state index in [4.69, 9.17) is 14.6 Å². The van der Waals surface area contributed by atoms with E-state index in [9.17, 15) is 9.59 Å².